The topological polar surface area (TPSA) is 85.8 Å². The van der Waals surface area contributed by atoms with Crippen LogP contribution in [0.4, 0.5) is 10.1 Å². The molecule has 1 aromatic carbocycles. The molecule has 1 amide bonds. The lowest BCUT2D eigenvalue weighted by atomic mass is 10.2. The molecule has 3 N–H and O–H groups in total. The smallest absolute Gasteiger partial charge is 0.254 e. The van der Waals surface area contributed by atoms with Crippen LogP contribution in [-0.2, 0) is 13.5 Å². The predicted molar refractivity (Wildman–Crippen MR) is 67.9 cm³/mol. The van der Waals surface area contributed by atoms with Crippen molar-refractivity contribution in [1.82, 2.24) is 20.1 Å². The minimum atomic E-state index is -0.629. The van der Waals surface area contributed by atoms with Gasteiger partial charge in [0.05, 0.1) is 5.56 Å². The molecule has 1 heterocycles. The molecule has 0 atom stereocenters. The molecule has 0 saturated heterocycles. The Labute approximate surface area is 109 Å². The second-order valence-electron chi connectivity index (χ2n) is 4.10. The monoisotopic (exact) mass is 263 g/mol. The number of hydrogen-bond donors (Lipinski definition) is 2. The van der Waals surface area contributed by atoms with Gasteiger partial charge in [-0.3, -0.25) is 4.79 Å². The maximum atomic E-state index is 13.5. The molecule has 7 heteroatoms. The van der Waals surface area contributed by atoms with Gasteiger partial charge in [0.15, 0.2) is 0 Å². The van der Waals surface area contributed by atoms with Gasteiger partial charge in [0.1, 0.15) is 18.0 Å². The van der Waals surface area contributed by atoms with E-state index in [4.69, 9.17) is 5.73 Å². The first-order valence-corrected chi connectivity index (χ1v) is 5.74. The third-order valence-electron chi connectivity index (χ3n) is 2.68. The number of aryl methyl sites for hydroxylation is 1. The Hall–Kier alpha value is -2.44. The van der Waals surface area contributed by atoms with Gasteiger partial charge in [-0.1, -0.05) is 0 Å². The molecule has 2 aromatic rings. The molecule has 2 rings (SSSR count). The molecule has 0 aliphatic rings. The molecule has 1 aromatic heterocycles. The minimum Gasteiger partial charge on any atom is -0.399 e. The van der Waals surface area contributed by atoms with Gasteiger partial charge in [-0.25, -0.2) is 4.39 Å². The normalized spacial score (nSPS) is 10.4. The van der Waals surface area contributed by atoms with Crippen LogP contribution in [0.3, 0.4) is 0 Å². The Morgan fingerprint density at radius 1 is 1.53 bits per heavy atom. The van der Waals surface area contributed by atoms with Crippen LogP contribution in [0.1, 0.15) is 16.2 Å². The zero-order chi connectivity index (χ0) is 13.8. The molecule has 0 bridgehead atoms. The molecule has 0 aliphatic heterocycles. The molecule has 0 unspecified atom stereocenters. The number of benzene rings is 1. The molecule has 0 aliphatic carbocycles. The van der Waals surface area contributed by atoms with Crippen molar-refractivity contribution in [2.45, 2.75) is 6.42 Å². The summed E-state index contributed by atoms with van der Waals surface area (Å²) in [4.78, 5) is 11.8. The van der Waals surface area contributed by atoms with Crippen LogP contribution < -0.4 is 11.1 Å². The first-order valence-electron chi connectivity index (χ1n) is 5.74. The van der Waals surface area contributed by atoms with Crippen molar-refractivity contribution >= 4 is 11.6 Å². The van der Waals surface area contributed by atoms with Crippen LogP contribution in [-0.4, -0.2) is 27.2 Å². The highest BCUT2D eigenvalue weighted by Crippen LogP contribution is 2.11. The number of carbonyl (C=O) groups excluding carboxylic acids is 1. The standard InChI is InChI=1S/C12H14FN5O/c1-18-7-16-17-11(18)4-5-15-12(19)9-3-2-8(14)6-10(9)13/h2-3,6-7H,4-5,14H2,1H3,(H,15,19). The number of nitrogen functional groups attached to an aromatic ring is 1. The summed E-state index contributed by atoms with van der Waals surface area (Å²) in [7, 11) is 1.82. The second kappa shape index (κ2) is 5.47. The summed E-state index contributed by atoms with van der Waals surface area (Å²) in [5, 5.41) is 10.2. The maximum Gasteiger partial charge on any atom is 0.254 e. The number of carbonyl (C=O) groups is 1. The lowest BCUT2D eigenvalue weighted by Crippen LogP contribution is -2.27. The van der Waals surface area contributed by atoms with Gasteiger partial charge >= 0.3 is 0 Å². The lowest BCUT2D eigenvalue weighted by Gasteiger charge is -2.06. The zero-order valence-electron chi connectivity index (χ0n) is 10.4. The SMILES string of the molecule is Cn1cnnc1CCNC(=O)c1ccc(N)cc1F. The van der Waals surface area contributed by atoms with E-state index in [1.807, 2.05) is 7.05 Å². The van der Waals surface area contributed by atoms with Gasteiger partial charge in [-0.15, -0.1) is 10.2 Å². The highest BCUT2D eigenvalue weighted by atomic mass is 19.1. The maximum absolute atomic E-state index is 13.5. The van der Waals surface area contributed by atoms with Gasteiger partial charge in [-0.05, 0) is 18.2 Å². The van der Waals surface area contributed by atoms with Gasteiger partial charge in [0.2, 0.25) is 0 Å². The van der Waals surface area contributed by atoms with Crippen LogP contribution in [0.25, 0.3) is 0 Å². The largest absolute Gasteiger partial charge is 0.399 e. The fraction of sp³-hybridized carbons (Fsp3) is 0.250. The average molecular weight is 263 g/mol. The Morgan fingerprint density at radius 3 is 2.95 bits per heavy atom. The summed E-state index contributed by atoms with van der Waals surface area (Å²) < 4.78 is 15.3. The number of amides is 1. The van der Waals surface area contributed by atoms with E-state index in [1.54, 1.807) is 10.9 Å². The van der Waals surface area contributed by atoms with Crippen LogP contribution in [0.5, 0.6) is 0 Å². The first kappa shape index (κ1) is 13.0. The first-order chi connectivity index (χ1) is 9.08. The molecule has 6 nitrogen and oxygen atoms in total. The van der Waals surface area contributed by atoms with E-state index in [2.05, 4.69) is 15.5 Å². The highest BCUT2D eigenvalue weighted by molar-refractivity contribution is 5.94. The van der Waals surface area contributed by atoms with Crippen molar-refractivity contribution in [1.29, 1.82) is 0 Å². The van der Waals surface area contributed by atoms with E-state index in [-0.39, 0.29) is 11.3 Å². The number of aromatic nitrogens is 3. The van der Waals surface area contributed by atoms with Crippen LogP contribution in [0.2, 0.25) is 0 Å². The van der Waals surface area contributed by atoms with Gasteiger partial charge in [-0.2, -0.15) is 0 Å². The van der Waals surface area contributed by atoms with E-state index in [9.17, 15) is 9.18 Å². The van der Waals surface area contributed by atoms with Crippen molar-refractivity contribution in [2.24, 2.45) is 7.05 Å². The number of halogens is 1. The van der Waals surface area contributed by atoms with Gasteiger partial charge in [0.25, 0.3) is 5.91 Å². The Morgan fingerprint density at radius 2 is 2.32 bits per heavy atom. The van der Waals surface area contributed by atoms with E-state index >= 15 is 0 Å². The van der Waals surface area contributed by atoms with E-state index in [0.29, 0.717) is 13.0 Å². The quantitative estimate of drug-likeness (QED) is 0.787. The van der Waals surface area contributed by atoms with Crippen molar-refractivity contribution in [2.75, 3.05) is 12.3 Å². The Balaban J connectivity index is 1.93. The average Bonchev–Trinajstić information content (AvgIpc) is 2.75. The molecule has 0 spiro atoms. The Bertz CT molecular complexity index is 596. The number of nitrogens with one attached hydrogen (secondary N) is 1. The zero-order valence-corrected chi connectivity index (χ0v) is 10.4. The fourth-order valence-electron chi connectivity index (χ4n) is 1.63. The number of nitrogens with two attached hydrogens (primary N) is 1. The molecule has 0 saturated carbocycles. The van der Waals surface area contributed by atoms with Crippen molar-refractivity contribution in [3.63, 3.8) is 0 Å². The van der Waals surface area contributed by atoms with E-state index in [1.165, 1.54) is 12.1 Å². The summed E-state index contributed by atoms with van der Waals surface area (Å²) >= 11 is 0. The Kier molecular flexibility index (Phi) is 3.74. The van der Waals surface area contributed by atoms with Gasteiger partial charge < -0.3 is 15.6 Å². The number of anilines is 1. The number of rotatable bonds is 4. The van der Waals surface area contributed by atoms with Crippen molar-refractivity contribution in [3.05, 3.63) is 41.7 Å². The molecule has 0 fully saturated rings. The molecular formula is C12H14FN5O. The van der Waals surface area contributed by atoms with Crippen LogP contribution >= 0.6 is 0 Å². The fourth-order valence-corrected chi connectivity index (χ4v) is 1.63. The summed E-state index contributed by atoms with van der Waals surface area (Å²) in [5.41, 5.74) is 5.68. The van der Waals surface area contributed by atoms with Crippen LogP contribution in [0, 0.1) is 5.82 Å². The summed E-state index contributed by atoms with van der Waals surface area (Å²) in [5.74, 6) is -0.353. The van der Waals surface area contributed by atoms with Crippen LogP contribution in [0.15, 0.2) is 24.5 Å². The third kappa shape index (κ3) is 3.06. The van der Waals surface area contributed by atoms with Gasteiger partial charge in [0, 0.05) is 25.7 Å². The van der Waals surface area contributed by atoms with Crippen molar-refractivity contribution in [3.8, 4) is 0 Å². The summed E-state index contributed by atoms with van der Waals surface area (Å²) in [6.45, 7) is 0.356. The number of hydrogen-bond acceptors (Lipinski definition) is 4. The van der Waals surface area contributed by atoms with E-state index < -0.39 is 11.7 Å². The summed E-state index contributed by atoms with van der Waals surface area (Å²) in [6, 6.07) is 3.97. The number of nitrogens with zero attached hydrogens (tertiary/aromatic N) is 3. The molecule has 0 radical (unpaired) electrons. The van der Waals surface area contributed by atoms with Crippen molar-refractivity contribution < 1.29 is 9.18 Å². The minimum absolute atomic E-state index is 0.0211. The lowest BCUT2D eigenvalue weighted by molar-refractivity contribution is 0.0950. The van der Waals surface area contributed by atoms with E-state index in [0.717, 1.165) is 11.9 Å². The third-order valence-corrected chi connectivity index (χ3v) is 2.68. The molecule has 19 heavy (non-hydrogen) atoms. The molecule has 100 valence electrons. The second-order valence-corrected chi connectivity index (χ2v) is 4.10. The predicted octanol–water partition coefficient (Wildman–Crippen LogP) is 0.509. The summed E-state index contributed by atoms with van der Waals surface area (Å²) in [6.07, 6.45) is 2.11. The highest BCUT2D eigenvalue weighted by Gasteiger charge is 2.11. The molecular weight excluding hydrogens is 249 g/mol.